The number of nitrogens with zero attached hydrogens (tertiary/aromatic N) is 2. The molecule has 18 heavy (non-hydrogen) atoms. The molecule has 0 aliphatic rings. The zero-order valence-electron chi connectivity index (χ0n) is 10.7. The first-order chi connectivity index (χ1) is 8.69. The Morgan fingerprint density at radius 3 is 2.50 bits per heavy atom. The molecular formula is C14H17N3O. The van der Waals surface area contributed by atoms with Crippen molar-refractivity contribution in [3.8, 4) is 17.0 Å². The number of anilines is 1. The summed E-state index contributed by atoms with van der Waals surface area (Å²) in [6.45, 7) is 4.65. The van der Waals surface area contributed by atoms with Gasteiger partial charge in [-0.2, -0.15) is 0 Å². The molecule has 4 heteroatoms. The van der Waals surface area contributed by atoms with Gasteiger partial charge in [0.2, 0.25) is 0 Å². The van der Waals surface area contributed by atoms with E-state index in [0.29, 0.717) is 11.6 Å². The highest BCUT2D eigenvalue weighted by Gasteiger charge is 2.03. The maximum Gasteiger partial charge on any atom is 0.128 e. The number of aryl methyl sites for hydroxylation is 1. The van der Waals surface area contributed by atoms with Crippen molar-refractivity contribution in [1.82, 2.24) is 9.97 Å². The fourth-order valence-corrected chi connectivity index (χ4v) is 1.68. The van der Waals surface area contributed by atoms with Crippen molar-refractivity contribution < 1.29 is 4.74 Å². The van der Waals surface area contributed by atoms with E-state index in [2.05, 4.69) is 16.9 Å². The minimum absolute atomic E-state index is 0.490. The molecule has 0 spiro atoms. The van der Waals surface area contributed by atoms with Crippen LogP contribution in [0, 0.1) is 6.92 Å². The van der Waals surface area contributed by atoms with Gasteiger partial charge < -0.3 is 10.5 Å². The summed E-state index contributed by atoms with van der Waals surface area (Å²) < 4.78 is 5.54. The maximum atomic E-state index is 5.72. The van der Waals surface area contributed by atoms with Crippen molar-refractivity contribution in [3.05, 3.63) is 36.2 Å². The molecule has 0 amide bonds. The number of ether oxygens (including phenoxy) is 1. The Bertz CT molecular complexity index is 503. The zero-order valence-corrected chi connectivity index (χ0v) is 10.7. The summed E-state index contributed by atoms with van der Waals surface area (Å²) in [4.78, 5) is 8.42. The highest BCUT2D eigenvalue weighted by molar-refractivity contribution is 5.62. The summed E-state index contributed by atoms with van der Waals surface area (Å²) in [5.41, 5.74) is 7.56. The second-order valence-electron chi connectivity index (χ2n) is 4.10. The lowest BCUT2D eigenvalue weighted by Crippen LogP contribution is -1.97. The van der Waals surface area contributed by atoms with Crippen LogP contribution in [0.2, 0.25) is 0 Å². The van der Waals surface area contributed by atoms with Gasteiger partial charge in [-0.3, -0.25) is 0 Å². The van der Waals surface area contributed by atoms with Crippen LogP contribution >= 0.6 is 0 Å². The highest BCUT2D eigenvalue weighted by atomic mass is 16.5. The molecule has 0 unspecified atom stereocenters. The number of hydrogen-bond donors (Lipinski definition) is 1. The fourth-order valence-electron chi connectivity index (χ4n) is 1.68. The van der Waals surface area contributed by atoms with Crippen LogP contribution in [-0.2, 0) is 0 Å². The van der Waals surface area contributed by atoms with E-state index in [1.165, 1.54) is 0 Å². The second-order valence-corrected chi connectivity index (χ2v) is 4.10. The van der Waals surface area contributed by atoms with Crippen LogP contribution < -0.4 is 10.5 Å². The lowest BCUT2D eigenvalue weighted by Gasteiger charge is -2.06. The van der Waals surface area contributed by atoms with Gasteiger partial charge in [0.15, 0.2) is 0 Å². The Hall–Kier alpha value is -2.10. The lowest BCUT2D eigenvalue weighted by molar-refractivity contribution is 0.317. The standard InChI is InChI=1S/C14H17N3O/c1-3-8-18-12-6-4-11(5-7-12)13-9-14(15)17-10(2)16-13/h4-7,9H,3,8H2,1-2H3,(H2,15,16,17). The van der Waals surface area contributed by atoms with Crippen LogP contribution in [0.15, 0.2) is 30.3 Å². The van der Waals surface area contributed by atoms with Gasteiger partial charge in [-0.1, -0.05) is 6.92 Å². The average molecular weight is 243 g/mol. The lowest BCUT2D eigenvalue weighted by atomic mass is 10.1. The van der Waals surface area contributed by atoms with Crippen molar-refractivity contribution in [2.75, 3.05) is 12.3 Å². The predicted octanol–water partition coefficient (Wildman–Crippen LogP) is 2.82. The van der Waals surface area contributed by atoms with Crippen LogP contribution in [0.25, 0.3) is 11.3 Å². The van der Waals surface area contributed by atoms with E-state index < -0.39 is 0 Å². The van der Waals surface area contributed by atoms with Crippen LogP contribution in [0.4, 0.5) is 5.82 Å². The van der Waals surface area contributed by atoms with Crippen molar-refractivity contribution in [2.24, 2.45) is 0 Å². The molecule has 94 valence electrons. The van der Waals surface area contributed by atoms with E-state index in [1.54, 1.807) is 6.07 Å². The molecule has 2 aromatic rings. The summed E-state index contributed by atoms with van der Waals surface area (Å²) in [6, 6.07) is 9.62. The molecule has 4 nitrogen and oxygen atoms in total. The smallest absolute Gasteiger partial charge is 0.128 e. The molecule has 0 atom stereocenters. The molecule has 0 radical (unpaired) electrons. The summed E-state index contributed by atoms with van der Waals surface area (Å²) >= 11 is 0. The van der Waals surface area contributed by atoms with Gasteiger partial charge in [0.05, 0.1) is 12.3 Å². The predicted molar refractivity (Wildman–Crippen MR) is 72.4 cm³/mol. The van der Waals surface area contributed by atoms with Crippen LogP contribution in [0.3, 0.4) is 0 Å². The summed E-state index contributed by atoms with van der Waals surface area (Å²) in [7, 11) is 0. The molecule has 2 N–H and O–H groups in total. The Morgan fingerprint density at radius 1 is 1.17 bits per heavy atom. The van der Waals surface area contributed by atoms with E-state index in [9.17, 15) is 0 Å². The van der Waals surface area contributed by atoms with Gasteiger partial charge in [0.1, 0.15) is 17.4 Å². The van der Waals surface area contributed by atoms with Crippen molar-refractivity contribution in [3.63, 3.8) is 0 Å². The first kappa shape index (κ1) is 12.4. The van der Waals surface area contributed by atoms with Gasteiger partial charge in [0, 0.05) is 11.6 Å². The quantitative estimate of drug-likeness (QED) is 0.897. The summed E-state index contributed by atoms with van der Waals surface area (Å²) in [5.74, 6) is 2.04. The molecule has 2 rings (SSSR count). The monoisotopic (exact) mass is 243 g/mol. The highest BCUT2D eigenvalue weighted by Crippen LogP contribution is 2.22. The average Bonchev–Trinajstić information content (AvgIpc) is 2.36. The van der Waals surface area contributed by atoms with Gasteiger partial charge >= 0.3 is 0 Å². The Labute approximate surface area is 107 Å². The third-order valence-electron chi connectivity index (χ3n) is 2.48. The molecule has 0 fully saturated rings. The van der Waals surface area contributed by atoms with E-state index in [0.717, 1.165) is 30.0 Å². The number of hydrogen-bond acceptors (Lipinski definition) is 4. The Kier molecular flexibility index (Phi) is 3.77. The molecule has 0 aliphatic heterocycles. The molecular weight excluding hydrogens is 226 g/mol. The first-order valence-corrected chi connectivity index (χ1v) is 6.03. The largest absolute Gasteiger partial charge is 0.494 e. The SMILES string of the molecule is CCCOc1ccc(-c2cc(N)nc(C)n2)cc1. The Balaban J connectivity index is 2.23. The van der Waals surface area contributed by atoms with Crippen LogP contribution in [0.1, 0.15) is 19.2 Å². The normalized spacial score (nSPS) is 10.3. The topological polar surface area (TPSA) is 61.0 Å². The van der Waals surface area contributed by atoms with E-state index in [1.807, 2.05) is 31.2 Å². The first-order valence-electron chi connectivity index (χ1n) is 6.03. The van der Waals surface area contributed by atoms with E-state index >= 15 is 0 Å². The third-order valence-corrected chi connectivity index (χ3v) is 2.48. The molecule has 1 heterocycles. The van der Waals surface area contributed by atoms with Gasteiger partial charge in [-0.05, 0) is 37.6 Å². The molecule has 0 bridgehead atoms. The maximum absolute atomic E-state index is 5.72. The zero-order chi connectivity index (χ0) is 13.0. The van der Waals surface area contributed by atoms with Crippen LogP contribution in [0.5, 0.6) is 5.75 Å². The van der Waals surface area contributed by atoms with Crippen molar-refractivity contribution in [1.29, 1.82) is 0 Å². The molecule has 0 saturated heterocycles. The number of aromatic nitrogens is 2. The van der Waals surface area contributed by atoms with Crippen molar-refractivity contribution in [2.45, 2.75) is 20.3 Å². The number of nitrogen functional groups attached to an aromatic ring is 1. The number of rotatable bonds is 4. The Morgan fingerprint density at radius 2 is 1.89 bits per heavy atom. The minimum Gasteiger partial charge on any atom is -0.494 e. The van der Waals surface area contributed by atoms with Gasteiger partial charge in [-0.15, -0.1) is 0 Å². The summed E-state index contributed by atoms with van der Waals surface area (Å²) in [6.07, 6.45) is 1.00. The molecule has 0 aliphatic carbocycles. The fraction of sp³-hybridized carbons (Fsp3) is 0.286. The van der Waals surface area contributed by atoms with Gasteiger partial charge in [-0.25, -0.2) is 9.97 Å². The van der Waals surface area contributed by atoms with E-state index in [4.69, 9.17) is 10.5 Å². The third kappa shape index (κ3) is 2.97. The van der Waals surface area contributed by atoms with Gasteiger partial charge in [0.25, 0.3) is 0 Å². The molecule has 1 aromatic carbocycles. The van der Waals surface area contributed by atoms with E-state index in [-0.39, 0.29) is 0 Å². The molecule has 0 saturated carbocycles. The number of nitrogens with two attached hydrogens (primary N) is 1. The summed E-state index contributed by atoms with van der Waals surface area (Å²) in [5, 5.41) is 0. The second kappa shape index (κ2) is 5.49. The van der Waals surface area contributed by atoms with Crippen molar-refractivity contribution >= 4 is 5.82 Å². The molecule has 1 aromatic heterocycles. The minimum atomic E-state index is 0.490. The number of benzene rings is 1. The van der Waals surface area contributed by atoms with Crippen LogP contribution in [-0.4, -0.2) is 16.6 Å².